The fourth-order valence-corrected chi connectivity index (χ4v) is 1.44. The molecule has 2 unspecified atom stereocenters. The Balaban J connectivity index is 2.26. The quantitative estimate of drug-likeness (QED) is 0.684. The zero-order valence-electron chi connectivity index (χ0n) is 8.76. The molecule has 1 aliphatic heterocycles. The van der Waals surface area contributed by atoms with Gasteiger partial charge in [0.2, 0.25) is 5.91 Å². The molecule has 0 aliphatic carbocycles. The number of amides is 1. The highest BCUT2D eigenvalue weighted by molar-refractivity contribution is 5.76. The standard InChI is InChI=1S/C10H20N2O/c1-7(2)8(3)12-9-4-5-10(13)11-6-9/h7-9,12H,4-6H2,1-3H3,(H,11,13). The summed E-state index contributed by atoms with van der Waals surface area (Å²) in [6.07, 6.45) is 1.64. The highest BCUT2D eigenvalue weighted by Gasteiger charge is 2.19. The molecule has 0 spiro atoms. The lowest BCUT2D eigenvalue weighted by molar-refractivity contribution is -0.122. The second kappa shape index (κ2) is 4.61. The topological polar surface area (TPSA) is 41.1 Å². The van der Waals surface area contributed by atoms with Crippen molar-refractivity contribution in [1.29, 1.82) is 0 Å². The van der Waals surface area contributed by atoms with E-state index < -0.39 is 0 Å². The Morgan fingerprint density at radius 1 is 1.46 bits per heavy atom. The summed E-state index contributed by atoms with van der Waals surface area (Å²) in [6, 6.07) is 0.995. The van der Waals surface area contributed by atoms with Gasteiger partial charge < -0.3 is 10.6 Å². The molecule has 3 heteroatoms. The minimum absolute atomic E-state index is 0.190. The molecule has 1 amide bonds. The maximum atomic E-state index is 10.9. The van der Waals surface area contributed by atoms with Crippen LogP contribution in [0.1, 0.15) is 33.6 Å². The smallest absolute Gasteiger partial charge is 0.220 e. The van der Waals surface area contributed by atoms with Gasteiger partial charge in [0, 0.05) is 25.0 Å². The predicted molar refractivity (Wildman–Crippen MR) is 53.5 cm³/mol. The van der Waals surface area contributed by atoms with Crippen LogP contribution in [0.25, 0.3) is 0 Å². The summed E-state index contributed by atoms with van der Waals surface area (Å²) in [5, 5.41) is 6.40. The van der Waals surface area contributed by atoms with Gasteiger partial charge in [-0.2, -0.15) is 0 Å². The number of piperidine rings is 1. The van der Waals surface area contributed by atoms with Gasteiger partial charge in [-0.1, -0.05) is 13.8 Å². The van der Waals surface area contributed by atoms with E-state index in [1.807, 2.05) is 0 Å². The molecule has 0 radical (unpaired) electrons. The van der Waals surface area contributed by atoms with Crippen molar-refractivity contribution in [2.45, 2.75) is 45.7 Å². The van der Waals surface area contributed by atoms with Crippen LogP contribution >= 0.6 is 0 Å². The Bertz CT molecular complexity index is 170. The molecule has 2 atom stereocenters. The maximum absolute atomic E-state index is 10.9. The molecule has 0 aromatic carbocycles. The Labute approximate surface area is 80.3 Å². The van der Waals surface area contributed by atoms with Crippen molar-refractivity contribution in [3.8, 4) is 0 Å². The second-order valence-corrected chi connectivity index (χ2v) is 4.24. The highest BCUT2D eigenvalue weighted by atomic mass is 16.1. The summed E-state index contributed by atoms with van der Waals surface area (Å²) >= 11 is 0. The van der Waals surface area contributed by atoms with Gasteiger partial charge in [-0.3, -0.25) is 4.79 Å². The van der Waals surface area contributed by atoms with Crippen LogP contribution in [0.5, 0.6) is 0 Å². The summed E-state index contributed by atoms with van der Waals surface area (Å²) in [6.45, 7) is 7.40. The molecule has 1 aliphatic rings. The van der Waals surface area contributed by atoms with E-state index in [1.165, 1.54) is 0 Å². The zero-order chi connectivity index (χ0) is 9.84. The summed E-state index contributed by atoms with van der Waals surface area (Å²) in [5.74, 6) is 0.841. The van der Waals surface area contributed by atoms with E-state index in [1.54, 1.807) is 0 Å². The summed E-state index contributed by atoms with van der Waals surface area (Å²) in [7, 11) is 0. The zero-order valence-corrected chi connectivity index (χ0v) is 8.76. The van der Waals surface area contributed by atoms with Gasteiger partial charge in [0.25, 0.3) is 0 Å². The van der Waals surface area contributed by atoms with Gasteiger partial charge in [0.15, 0.2) is 0 Å². The van der Waals surface area contributed by atoms with Crippen molar-refractivity contribution in [3.05, 3.63) is 0 Å². The van der Waals surface area contributed by atoms with Crippen molar-refractivity contribution < 1.29 is 4.79 Å². The normalized spacial score (nSPS) is 25.8. The van der Waals surface area contributed by atoms with Gasteiger partial charge >= 0.3 is 0 Å². The minimum Gasteiger partial charge on any atom is -0.355 e. The largest absolute Gasteiger partial charge is 0.355 e. The average Bonchev–Trinajstić information content (AvgIpc) is 2.08. The maximum Gasteiger partial charge on any atom is 0.220 e. The molecule has 0 bridgehead atoms. The molecule has 2 N–H and O–H groups in total. The van der Waals surface area contributed by atoms with E-state index in [0.29, 0.717) is 24.4 Å². The van der Waals surface area contributed by atoms with E-state index in [2.05, 4.69) is 31.4 Å². The minimum atomic E-state index is 0.190. The van der Waals surface area contributed by atoms with Crippen molar-refractivity contribution in [3.63, 3.8) is 0 Å². The number of hydrogen-bond acceptors (Lipinski definition) is 2. The Morgan fingerprint density at radius 3 is 2.62 bits per heavy atom. The molecular weight excluding hydrogens is 164 g/mol. The number of carbonyl (C=O) groups excluding carboxylic acids is 1. The van der Waals surface area contributed by atoms with Gasteiger partial charge in [-0.15, -0.1) is 0 Å². The number of carbonyl (C=O) groups is 1. The van der Waals surface area contributed by atoms with Crippen LogP contribution in [-0.2, 0) is 4.79 Å². The third-order valence-corrected chi connectivity index (χ3v) is 2.76. The van der Waals surface area contributed by atoms with Crippen molar-refractivity contribution in [2.24, 2.45) is 5.92 Å². The number of hydrogen-bond donors (Lipinski definition) is 2. The highest BCUT2D eigenvalue weighted by Crippen LogP contribution is 2.07. The van der Waals surface area contributed by atoms with Crippen LogP contribution < -0.4 is 10.6 Å². The Morgan fingerprint density at radius 2 is 2.15 bits per heavy atom. The van der Waals surface area contributed by atoms with Crippen LogP contribution in [-0.4, -0.2) is 24.5 Å². The second-order valence-electron chi connectivity index (χ2n) is 4.24. The lowest BCUT2D eigenvalue weighted by Crippen LogP contribution is -2.49. The Hall–Kier alpha value is -0.570. The summed E-state index contributed by atoms with van der Waals surface area (Å²) < 4.78 is 0. The van der Waals surface area contributed by atoms with Crippen LogP contribution in [0, 0.1) is 5.92 Å². The first-order chi connectivity index (χ1) is 6.09. The Kier molecular flexibility index (Phi) is 3.72. The molecule has 1 fully saturated rings. The van der Waals surface area contributed by atoms with Crippen LogP contribution in [0.3, 0.4) is 0 Å². The first-order valence-corrected chi connectivity index (χ1v) is 5.12. The van der Waals surface area contributed by atoms with E-state index in [-0.39, 0.29) is 5.91 Å². The molecule has 0 saturated carbocycles. The molecule has 76 valence electrons. The predicted octanol–water partition coefficient (Wildman–Crippen LogP) is 0.899. The SMILES string of the molecule is CC(C)C(C)NC1CCC(=O)NC1. The van der Waals surface area contributed by atoms with Crippen LogP contribution in [0.2, 0.25) is 0 Å². The fourth-order valence-electron chi connectivity index (χ4n) is 1.44. The summed E-state index contributed by atoms with van der Waals surface area (Å²) in [4.78, 5) is 10.9. The van der Waals surface area contributed by atoms with Crippen molar-refractivity contribution >= 4 is 5.91 Å². The molecule has 1 rings (SSSR count). The molecule has 0 aromatic rings. The van der Waals surface area contributed by atoms with Crippen molar-refractivity contribution in [1.82, 2.24) is 10.6 Å². The average molecular weight is 184 g/mol. The molecule has 3 nitrogen and oxygen atoms in total. The molecule has 1 saturated heterocycles. The van der Waals surface area contributed by atoms with Crippen molar-refractivity contribution in [2.75, 3.05) is 6.54 Å². The molecule has 1 heterocycles. The fraction of sp³-hybridized carbons (Fsp3) is 0.900. The molecular formula is C10H20N2O. The van der Waals surface area contributed by atoms with Gasteiger partial charge in [0.1, 0.15) is 0 Å². The molecule has 13 heavy (non-hydrogen) atoms. The van der Waals surface area contributed by atoms with E-state index in [0.717, 1.165) is 13.0 Å². The monoisotopic (exact) mass is 184 g/mol. The van der Waals surface area contributed by atoms with Gasteiger partial charge in [-0.25, -0.2) is 0 Å². The van der Waals surface area contributed by atoms with E-state index in [4.69, 9.17) is 0 Å². The molecule has 0 aromatic heterocycles. The first kappa shape index (κ1) is 10.5. The van der Waals surface area contributed by atoms with E-state index in [9.17, 15) is 4.79 Å². The summed E-state index contributed by atoms with van der Waals surface area (Å²) in [5.41, 5.74) is 0. The number of rotatable bonds is 3. The third-order valence-electron chi connectivity index (χ3n) is 2.76. The van der Waals surface area contributed by atoms with Gasteiger partial charge in [-0.05, 0) is 19.3 Å². The number of nitrogens with one attached hydrogen (secondary N) is 2. The van der Waals surface area contributed by atoms with Gasteiger partial charge in [0.05, 0.1) is 0 Å². The van der Waals surface area contributed by atoms with Crippen LogP contribution in [0.15, 0.2) is 0 Å². The van der Waals surface area contributed by atoms with Crippen LogP contribution in [0.4, 0.5) is 0 Å². The lowest BCUT2D eigenvalue weighted by atomic mass is 10.0. The lowest BCUT2D eigenvalue weighted by Gasteiger charge is -2.28. The first-order valence-electron chi connectivity index (χ1n) is 5.12. The van der Waals surface area contributed by atoms with E-state index >= 15 is 0 Å². The third kappa shape index (κ3) is 3.35.